The second-order valence-electron chi connectivity index (χ2n) is 6.14. The van der Waals surface area contributed by atoms with Crippen LogP contribution in [0, 0.1) is 6.92 Å². The Bertz CT molecular complexity index is 1060. The number of oxime groups is 1. The molecule has 1 amide bonds. The first-order valence-electron chi connectivity index (χ1n) is 8.54. The topological polar surface area (TPSA) is 63.8 Å². The van der Waals surface area contributed by atoms with Gasteiger partial charge in [-0.25, -0.2) is 0 Å². The molecule has 0 saturated heterocycles. The molecule has 0 aliphatic heterocycles. The molecule has 0 unspecified atom stereocenters. The van der Waals surface area contributed by atoms with Crippen LogP contribution >= 0.6 is 0 Å². The third-order valence-corrected chi connectivity index (χ3v) is 4.04. The number of carbonyl (C=O) groups is 1. The van der Waals surface area contributed by atoms with E-state index < -0.39 is 23.4 Å². The summed E-state index contributed by atoms with van der Waals surface area (Å²) in [4.78, 5) is 17.2. The standard InChI is InChI=1S/C21H17F3N2O3/c1-13-10-17(19(29-13)21(22,23)24)20(27)26-18-9-4-3-8-16(18)15-7-5-6-14(11-15)12-25-28-2/h3-12H,1-2H3,(H,26,27)/b25-12+. The van der Waals surface area contributed by atoms with E-state index in [4.69, 9.17) is 4.42 Å². The summed E-state index contributed by atoms with van der Waals surface area (Å²) in [5, 5.41) is 6.27. The van der Waals surface area contributed by atoms with Gasteiger partial charge in [0.25, 0.3) is 5.91 Å². The minimum atomic E-state index is -4.77. The molecule has 3 aromatic rings. The molecule has 8 heteroatoms. The van der Waals surface area contributed by atoms with Gasteiger partial charge in [0.05, 0.1) is 11.8 Å². The van der Waals surface area contributed by atoms with Crippen LogP contribution in [0.3, 0.4) is 0 Å². The lowest BCUT2D eigenvalue weighted by Gasteiger charge is -2.12. The fourth-order valence-electron chi connectivity index (χ4n) is 2.83. The zero-order chi connectivity index (χ0) is 21.0. The Labute approximate surface area is 164 Å². The lowest BCUT2D eigenvalue weighted by molar-refractivity contribution is -0.153. The van der Waals surface area contributed by atoms with Crippen LogP contribution in [0.25, 0.3) is 11.1 Å². The number of anilines is 1. The molecule has 1 aromatic heterocycles. The minimum Gasteiger partial charge on any atom is -0.456 e. The van der Waals surface area contributed by atoms with Crippen LogP contribution in [-0.2, 0) is 11.0 Å². The normalized spacial score (nSPS) is 11.6. The number of nitrogens with one attached hydrogen (secondary N) is 1. The van der Waals surface area contributed by atoms with Gasteiger partial charge in [0.15, 0.2) is 0 Å². The van der Waals surface area contributed by atoms with E-state index in [1.807, 2.05) is 18.2 Å². The molecule has 0 atom stereocenters. The van der Waals surface area contributed by atoms with E-state index in [-0.39, 0.29) is 5.76 Å². The number of aryl methyl sites for hydroxylation is 1. The zero-order valence-corrected chi connectivity index (χ0v) is 15.6. The molecule has 0 radical (unpaired) electrons. The van der Waals surface area contributed by atoms with Gasteiger partial charge in [0, 0.05) is 11.3 Å². The highest BCUT2D eigenvalue weighted by atomic mass is 19.4. The summed E-state index contributed by atoms with van der Waals surface area (Å²) in [5.74, 6) is -2.22. The van der Waals surface area contributed by atoms with Crippen LogP contribution in [0.15, 0.2) is 64.2 Å². The van der Waals surface area contributed by atoms with E-state index in [9.17, 15) is 18.0 Å². The molecule has 0 aliphatic carbocycles. The van der Waals surface area contributed by atoms with Crippen molar-refractivity contribution in [2.45, 2.75) is 13.1 Å². The number of amides is 1. The fourth-order valence-corrected chi connectivity index (χ4v) is 2.83. The highest BCUT2D eigenvalue weighted by molar-refractivity contribution is 6.07. The predicted molar refractivity (Wildman–Crippen MR) is 103 cm³/mol. The summed E-state index contributed by atoms with van der Waals surface area (Å²) in [6.45, 7) is 1.35. The largest absolute Gasteiger partial charge is 0.456 e. The number of nitrogens with zero attached hydrogens (tertiary/aromatic N) is 1. The molecule has 0 bridgehead atoms. The molecule has 1 N–H and O–H groups in total. The van der Waals surface area contributed by atoms with Gasteiger partial charge in [-0.3, -0.25) is 4.79 Å². The van der Waals surface area contributed by atoms with E-state index in [1.165, 1.54) is 20.2 Å². The smallest absolute Gasteiger partial charge is 0.450 e. The molecule has 5 nitrogen and oxygen atoms in total. The summed E-state index contributed by atoms with van der Waals surface area (Å²) in [6.07, 6.45) is -3.25. The Morgan fingerprint density at radius 1 is 1.14 bits per heavy atom. The number of para-hydroxylation sites is 1. The summed E-state index contributed by atoms with van der Waals surface area (Å²) in [7, 11) is 1.43. The first-order chi connectivity index (χ1) is 13.8. The van der Waals surface area contributed by atoms with Crippen molar-refractivity contribution in [1.29, 1.82) is 0 Å². The highest BCUT2D eigenvalue weighted by Gasteiger charge is 2.40. The van der Waals surface area contributed by atoms with Crippen molar-refractivity contribution in [1.82, 2.24) is 0 Å². The van der Waals surface area contributed by atoms with Crippen molar-refractivity contribution in [3.05, 3.63) is 77.2 Å². The van der Waals surface area contributed by atoms with Gasteiger partial charge < -0.3 is 14.6 Å². The van der Waals surface area contributed by atoms with Gasteiger partial charge in [-0.15, -0.1) is 0 Å². The van der Waals surface area contributed by atoms with Crippen LogP contribution in [0.4, 0.5) is 18.9 Å². The third-order valence-electron chi connectivity index (χ3n) is 4.04. The Balaban J connectivity index is 1.95. The highest BCUT2D eigenvalue weighted by Crippen LogP contribution is 2.35. The number of halogens is 3. The summed E-state index contributed by atoms with van der Waals surface area (Å²) >= 11 is 0. The van der Waals surface area contributed by atoms with Gasteiger partial charge in [0.2, 0.25) is 5.76 Å². The first kappa shape index (κ1) is 20.2. The number of rotatable bonds is 5. The Morgan fingerprint density at radius 2 is 1.90 bits per heavy atom. The van der Waals surface area contributed by atoms with Crippen molar-refractivity contribution in [3.63, 3.8) is 0 Å². The number of hydrogen-bond acceptors (Lipinski definition) is 4. The van der Waals surface area contributed by atoms with Crippen LogP contribution in [0.1, 0.15) is 27.4 Å². The molecule has 0 spiro atoms. The third kappa shape index (κ3) is 4.66. The minimum absolute atomic E-state index is 0.000826. The second-order valence-corrected chi connectivity index (χ2v) is 6.14. The monoisotopic (exact) mass is 402 g/mol. The fraction of sp³-hybridized carbons (Fsp3) is 0.143. The maximum atomic E-state index is 13.2. The second kappa shape index (κ2) is 8.22. The molecule has 0 aliphatic rings. The maximum Gasteiger partial charge on any atom is 0.450 e. The number of carbonyl (C=O) groups excluding carboxylic acids is 1. The van der Waals surface area contributed by atoms with Gasteiger partial charge in [0.1, 0.15) is 12.9 Å². The van der Waals surface area contributed by atoms with E-state index in [2.05, 4.69) is 15.3 Å². The van der Waals surface area contributed by atoms with Crippen molar-refractivity contribution < 1.29 is 27.2 Å². The maximum absolute atomic E-state index is 13.2. The summed E-state index contributed by atoms with van der Waals surface area (Å²) in [6, 6.07) is 15.1. The van der Waals surface area contributed by atoms with Crippen molar-refractivity contribution in [2.75, 3.05) is 12.4 Å². The predicted octanol–water partition coefficient (Wildman–Crippen LogP) is 5.51. The molecule has 150 valence electrons. The lowest BCUT2D eigenvalue weighted by Crippen LogP contribution is -2.17. The number of benzene rings is 2. The van der Waals surface area contributed by atoms with Crippen molar-refractivity contribution in [3.8, 4) is 11.1 Å². The summed E-state index contributed by atoms with van der Waals surface area (Å²) in [5.41, 5.74) is 1.95. The average Bonchev–Trinajstić information content (AvgIpc) is 3.09. The zero-order valence-electron chi connectivity index (χ0n) is 15.6. The van der Waals surface area contributed by atoms with E-state index in [0.717, 1.165) is 17.2 Å². The molecule has 1 heterocycles. The number of hydrogen-bond donors (Lipinski definition) is 1. The van der Waals surface area contributed by atoms with Crippen LogP contribution in [0.5, 0.6) is 0 Å². The van der Waals surface area contributed by atoms with Crippen molar-refractivity contribution >= 4 is 17.8 Å². The van der Waals surface area contributed by atoms with Crippen LogP contribution < -0.4 is 5.32 Å². The Morgan fingerprint density at radius 3 is 2.62 bits per heavy atom. The molecule has 29 heavy (non-hydrogen) atoms. The lowest BCUT2D eigenvalue weighted by atomic mass is 10.0. The van der Waals surface area contributed by atoms with Crippen LogP contribution in [-0.4, -0.2) is 19.2 Å². The van der Waals surface area contributed by atoms with Crippen molar-refractivity contribution in [2.24, 2.45) is 5.16 Å². The molecular formula is C21H17F3N2O3. The molecule has 2 aromatic carbocycles. The van der Waals surface area contributed by atoms with Gasteiger partial charge in [-0.05, 0) is 36.2 Å². The van der Waals surface area contributed by atoms with E-state index in [0.29, 0.717) is 11.3 Å². The molecule has 3 rings (SSSR count). The Hall–Kier alpha value is -3.55. The number of furan rings is 1. The van der Waals surface area contributed by atoms with Gasteiger partial charge in [-0.2, -0.15) is 13.2 Å². The molecule has 0 saturated carbocycles. The Kier molecular flexibility index (Phi) is 5.72. The van der Waals surface area contributed by atoms with Crippen LogP contribution in [0.2, 0.25) is 0 Å². The SMILES string of the molecule is CO/N=C/c1cccc(-c2ccccc2NC(=O)c2cc(C)oc2C(F)(F)F)c1. The summed E-state index contributed by atoms with van der Waals surface area (Å²) < 4.78 is 44.2. The molecule has 0 fully saturated rings. The van der Waals surface area contributed by atoms with E-state index >= 15 is 0 Å². The number of alkyl halides is 3. The first-order valence-corrected chi connectivity index (χ1v) is 8.54. The average molecular weight is 402 g/mol. The van der Waals surface area contributed by atoms with Gasteiger partial charge in [-0.1, -0.05) is 41.6 Å². The quantitative estimate of drug-likeness (QED) is 0.452. The van der Waals surface area contributed by atoms with E-state index in [1.54, 1.807) is 30.3 Å². The van der Waals surface area contributed by atoms with Gasteiger partial charge >= 0.3 is 6.18 Å². The molecular weight excluding hydrogens is 385 g/mol.